The zero-order valence-corrected chi connectivity index (χ0v) is 33.7. The molecule has 0 aliphatic carbocycles. The summed E-state index contributed by atoms with van der Waals surface area (Å²) in [5, 5.41) is 7.13. The summed E-state index contributed by atoms with van der Waals surface area (Å²) in [4.78, 5) is 25.7. The van der Waals surface area contributed by atoms with E-state index in [4.69, 9.17) is 15.2 Å². The molecular formula is C45H50N8O4S. The molecular weight excluding hydrogens is 749 g/mol. The monoisotopic (exact) mass is 798 g/mol. The fourth-order valence-corrected chi connectivity index (χ4v) is 10.2. The van der Waals surface area contributed by atoms with Gasteiger partial charge in [0.2, 0.25) is 15.9 Å². The van der Waals surface area contributed by atoms with Gasteiger partial charge in [-0.2, -0.15) is 9.71 Å². The fraction of sp³-hybridized carbons (Fsp3) is 0.333. The lowest BCUT2D eigenvalue weighted by Gasteiger charge is -2.38. The molecule has 13 heteroatoms. The Morgan fingerprint density at radius 3 is 2.21 bits per heavy atom. The van der Waals surface area contributed by atoms with Gasteiger partial charge in [0.05, 0.1) is 17.7 Å². The number of nitrogens with one attached hydrogen (secondary N) is 2. The summed E-state index contributed by atoms with van der Waals surface area (Å²) in [7, 11) is -4.14. The zero-order chi connectivity index (χ0) is 40.3. The first-order valence-corrected chi connectivity index (χ1v) is 21.6. The van der Waals surface area contributed by atoms with Gasteiger partial charge in [-0.3, -0.25) is 4.79 Å². The minimum Gasteiger partial charge on any atom is -0.383 e. The average Bonchev–Trinajstić information content (AvgIpc) is 3.90. The second kappa shape index (κ2) is 16.6. The molecule has 8 rings (SSSR count). The lowest BCUT2D eigenvalue weighted by molar-refractivity contribution is -0.138. The Balaban J connectivity index is 1.11. The summed E-state index contributed by atoms with van der Waals surface area (Å²) in [6, 6.07) is 34.9. The first-order valence-electron chi connectivity index (χ1n) is 20.1. The van der Waals surface area contributed by atoms with Gasteiger partial charge in [-0.25, -0.2) is 13.4 Å². The fourth-order valence-electron chi connectivity index (χ4n) is 8.75. The van der Waals surface area contributed by atoms with Crippen LogP contribution in [0.5, 0.6) is 0 Å². The van der Waals surface area contributed by atoms with E-state index >= 15 is 0 Å². The number of para-hydroxylation sites is 1. The topological polar surface area (TPSA) is 161 Å². The van der Waals surface area contributed by atoms with Crippen molar-refractivity contribution < 1.29 is 17.7 Å². The van der Waals surface area contributed by atoms with Crippen LogP contribution in [0.15, 0.2) is 131 Å². The number of nitrogens with two attached hydrogens (primary N) is 1. The van der Waals surface area contributed by atoms with E-state index in [9.17, 15) is 13.2 Å². The number of carbonyl (C=O) groups excluding carboxylic acids is 1. The van der Waals surface area contributed by atoms with Gasteiger partial charge in [-0.1, -0.05) is 117 Å². The van der Waals surface area contributed by atoms with Crippen LogP contribution in [0.3, 0.4) is 0 Å². The Labute approximate surface area is 339 Å². The number of nitrogens with zero attached hydrogens (tertiary/aromatic N) is 5. The molecule has 300 valence electrons. The molecule has 12 nitrogen and oxygen atoms in total. The number of amides is 1. The van der Waals surface area contributed by atoms with Crippen molar-refractivity contribution in [2.24, 2.45) is 11.8 Å². The van der Waals surface area contributed by atoms with Crippen LogP contribution in [-0.2, 0) is 33.2 Å². The lowest BCUT2D eigenvalue weighted by atomic mass is 9.77. The summed E-state index contributed by atoms with van der Waals surface area (Å²) < 4.78 is 39.2. The highest BCUT2D eigenvalue weighted by atomic mass is 32.2. The largest absolute Gasteiger partial charge is 0.383 e. The van der Waals surface area contributed by atoms with Gasteiger partial charge in [-0.05, 0) is 83.8 Å². The van der Waals surface area contributed by atoms with E-state index in [1.165, 1.54) is 0 Å². The summed E-state index contributed by atoms with van der Waals surface area (Å²) >= 11 is 0. The van der Waals surface area contributed by atoms with Crippen LogP contribution in [-0.4, -0.2) is 58.0 Å². The number of nitrogen functional groups attached to an aromatic ring is 1. The number of piperidine rings is 1. The number of hydrogen-bond donors (Lipinski definition) is 3. The molecule has 2 aliphatic heterocycles. The predicted molar refractivity (Wildman–Crippen MR) is 223 cm³/mol. The summed E-state index contributed by atoms with van der Waals surface area (Å²) in [5.74, 6) is 0.547. The number of aryl methyl sites for hydroxylation is 1. The van der Waals surface area contributed by atoms with Gasteiger partial charge in [0.1, 0.15) is 22.5 Å². The number of sulfonamides is 1. The van der Waals surface area contributed by atoms with E-state index in [-0.39, 0.29) is 35.0 Å². The molecule has 1 fully saturated rings. The number of rotatable bonds is 13. The van der Waals surface area contributed by atoms with Crippen molar-refractivity contribution in [2.75, 3.05) is 24.1 Å². The molecule has 2 aromatic heterocycles. The maximum absolute atomic E-state index is 14.7. The van der Waals surface area contributed by atoms with Crippen LogP contribution in [0.1, 0.15) is 79.4 Å². The SMILES string of the molecule is CC1CNc2c(cccc2S(=O)(=O)N[C@H](CCCc2cn(C(c3ccccc3)(c3ccccc3)c3ccccc3)cn2)C(=O)N2CC[C@H](C)C[C@@H]2c2nc(N)no2)C1. The van der Waals surface area contributed by atoms with Gasteiger partial charge in [-0.15, -0.1) is 0 Å². The van der Waals surface area contributed by atoms with Crippen LogP contribution in [0.25, 0.3) is 0 Å². The van der Waals surface area contributed by atoms with Crippen molar-refractivity contribution in [1.82, 2.24) is 29.3 Å². The van der Waals surface area contributed by atoms with Gasteiger partial charge in [0, 0.05) is 19.3 Å². The minimum atomic E-state index is -4.14. The van der Waals surface area contributed by atoms with Crippen molar-refractivity contribution in [3.8, 4) is 0 Å². The molecule has 1 saturated heterocycles. The molecule has 4 atom stereocenters. The van der Waals surface area contributed by atoms with Gasteiger partial charge >= 0.3 is 0 Å². The van der Waals surface area contributed by atoms with E-state index < -0.39 is 27.6 Å². The first kappa shape index (κ1) is 39.1. The van der Waals surface area contributed by atoms with Crippen molar-refractivity contribution in [1.29, 1.82) is 0 Å². The van der Waals surface area contributed by atoms with Gasteiger partial charge in [0.25, 0.3) is 11.8 Å². The molecule has 0 bridgehead atoms. The molecule has 58 heavy (non-hydrogen) atoms. The van der Waals surface area contributed by atoms with Gasteiger partial charge in [0.15, 0.2) is 0 Å². The van der Waals surface area contributed by atoms with Crippen LogP contribution < -0.4 is 15.8 Å². The Hall–Kier alpha value is -5.79. The third kappa shape index (κ3) is 7.76. The van der Waals surface area contributed by atoms with Crippen molar-refractivity contribution >= 4 is 27.6 Å². The van der Waals surface area contributed by atoms with Crippen molar-refractivity contribution in [3.05, 3.63) is 156 Å². The highest BCUT2D eigenvalue weighted by Crippen LogP contribution is 2.41. The number of imidazole rings is 1. The van der Waals surface area contributed by atoms with E-state index in [0.717, 1.165) is 40.8 Å². The van der Waals surface area contributed by atoms with E-state index in [1.807, 2.05) is 30.6 Å². The molecule has 0 spiro atoms. The minimum absolute atomic E-state index is 0.0104. The van der Waals surface area contributed by atoms with E-state index in [2.05, 4.69) is 118 Å². The summed E-state index contributed by atoms with van der Waals surface area (Å²) in [5.41, 5.74) is 10.7. The maximum Gasteiger partial charge on any atom is 0.260 e. The molecule has 0 radical (unpaired) electrons. The molecule has 4 N–H and O–H groups in total. The highest BCUT2D eigenvalue weighted by molar-refractivity contribution is 7.89. The second-order valence-electron chi connectivity index (χ2n) is 15.8. The zero-order valence-electron chi connectivity index (χ0n) is 32.9. The summed E-state index contributed by atoms with van der Waals surface area (Å²) in [6.45, 7) is 5.32. The molecule has 4 aromatic carbocycles. The quantitative estimate of drug-likeness (QED) is 0.105. The number of carbonyl (C=O) groups is 1. The molecule has 1 amide bonds. The highest BCUT2D eigenvalue weighted by Gasteiger charge is 2.40. The van der Waals surface area contributed by atoms with E-state index in [0.29, 0.717) is 44.0 Å². The van der Waals surface area contributed by atoms with Crippen molar-refractivity contribution in [3.63, 3.8) is 0 Å². The molecule has 2 aliphatic rings. The molecule has 0 saturated carbocycles. The average molecular weight is 799 g/mol. The predicted octanol–water partition coefficient (Wildman–Crippen LogP) is 6.96. The number of hydrogen-bond acceptors (Lipinski definition) is 9. The molecule has 4 heterocycles. The Bertz CT molecular complexity index is 2340. The van der Waals surface area contributed by atoms with Crippen LogP contribution in [0, 0.1) is 11.8 Å². The number of aromatic nitrogens is 4. The van der Waals surface area contributed by atoms with Crippen LogP contribution >= 0.6 is 0 Å². The number of anilines is 2. The number of fused-ring (bicyclic) bond motifs is 1. The van der Waals surface area contributed by atoms with Crippen LogP contribution in [0.4, 0.5) is 11.6 Å². The lowest BCUT2D eigenvalue weighted by Crippen LogP contribution is -2.51. The Morgan fingerprint density at radius 1 is 0.931 bits per heavy atom. The first-order chi connectivity index (χ1) is 28.1. The third-order valence-corrected chi connectivity index (χ3v) is 13.1. The number of benzene rings is 4. The van der Waals surface area contributed by atoms with E-state index in [1.54, 1.807) is 17.0 Å². The Morgan fingerprint density at radius 2 is 1.59 bits per heavy atom. The maximum atomic E-state index is 14.7. The Kier molecular flexibility index (Phi) is 11.2. The standard InChI is InChI=1S/C45H50N8O4S/c1-31-24-25-53(39(27-31)42-49-44(46)50-57-42)43(54)38(51-58(55,56)40-23-12-14-33-26-32(2)28-47-41(33)40)22-13-21-37-29-52(30-48-37)45(34-15-6-3-7-16-34,35-17-8-4-9-18-35)36-19-10-5-11-20-36/h3-12,14-20,23,29-32,38-39,47,51H,13,21-22,24-28H2,1-2H3,(H2,46,50)/t31-,32?,38+,39+/m0/s1. The third-order valence-electron chi connectivity index (χ3n) is 11.6. The normalized spacial score (nSPS) is 18.9. The molecule has 6 aromatic rings. The second-order valence-corrected chi connectivity index (χ2v) is 17.5. The van der Waals surface area contributed by atoms with Crippen LogP contribution in [0.2, 0.25) is 0 Å². The smallest absolute Gasteiger partial charge is 0.260 e. The van der Waals surface area contributed by atoms with Crippen molar-refractivity contribution in [2.45, 2.75) is 74.9 Å². The summed E-state index contributed by atoms with van der Waals surface area (Å²) in [6.07, 6.45) is 7.27. The van der Waals surface area contributed by atoms with Gasteiger partial charge < -0.3 is 25.0 Å². The molecule has 1 unspecified atom stereocenters. The number of likely N-dealkylation sites (tertiary alicyclic amines) is 1.